The monoisotopic (exact) mass is 316 g/mol. The molecular weight excluding hydrogens is 300 g/mol. The van der Waals surface area contributed by atoms with Crippen LogP contribution in [0.1, 0.15) is 31.2 Å². The van der Waals surface area contributed by atoms with Crippen molar-refractivity contribution in [1.82, 2.24) is 4.98 Å². The van der Waals surface area contributed by atoms with Crippen molar-refractivity contribution >= 4 is 33.3 Å². The van der Waals surface area contributed by atoms with Gasteiger partial charge in [0, 0.05) is 22.6 Å². The summed E-state index contributed by atoms with van der Waals surface area (Å²) in [5.41, 5.74) is 1.21. The maximum atomic E-state index is 6.03. The Kier molecular flexibility index (Phi) is 4.69. The van der Waals surface area contributed by atoms with E-state index in [9.17, 15) is 0 Å². The Labute approximate surface area is 116 Å². The van der Waals surface area contributed by atoms with E-state index < -0.39 is 0 Å². The van der Waals surface area contributed by atoms with E-state index in [1.54, 1.807) is 0 Å². The van der Waals surface area contributed by atoms with Crippen molar-refractivity contribution < 1.29 is 0 Å². The van der Waals surface area contributed by atoms with E-state index in [1.165, 1.54) is 31.2 Å². The second-order valence-electron chi connectivity index (χ2n) is 4.77. The van der Waals surface area contributed by atoms with Crippen LogP contribution in [0.5, 0.6) is 0 Å². The highest BCUT2D eigenvalue weighted by molar-refractivity contribution is 9.10. The van der Waals surface area contributed by atoms with Gasteiger partial charge in [-0.15, -0.1) is 11.6 Å². The van der Waals surface area contributed by atoms with E-state index in [0.29, 0.717) is 12.0 Å². The first-order valence-corrected chi connectivity index (χ1v) is 7.48. The molecular formula is C13H18BrClN2. The molecule has 17 heavy (non-hydrogen) atoms. The van der Waals surface area contributed by atoms with Crippen LogP contribution in [-0.2, 0) is 0 Å². The lowest BCUT2D eigenvalue weighted by Crippen LogP contribution is -2.33. The molecule has 0 spiro atoms. The Bertz CT molecular complexity index is 384. The number of hydrogen-bond acceptors (Lipinski definition) is 2. The van der Waals surface area contributed by atoms with E-state index in [4.69, 9.17) is 11.6 Å². The summed E-state index contributed by atoms with van der Waals surface area (Å²) >= 11 is 9.50. The largest absolute Gasteiger partial charge is 0.367 e. The minimum Gasteiger partial charge on any atom is -0.367 e. The third kappa shape index (κ3) is 3.35. The molecule has 1 heterocycles. The fourth-order valence-electron chi connectivity index (χ4n) is 2.39. The third-order valence-corrected chi connectivity index (χ3v) is 4.71. The van der Waals surface area contributed by atoms with Crippen LogP contribution >= 0.6 is 27.5 Å². The van der Waals surface area contributed by atoms with Gasteiger partial charge in [0.15, 0.2) is 0 Å². The zero-order valence-corrected chi connectivity index (χ0v) is 12.4. The predicted molar refractivity (Wildman–Crippen MR) is 76.8 cm³/mol. The number of nitrogens with zero attached hydrogens (tertiary/aromatic N) is 1. The minimum atomic E-state index is 0.481. The summed E-state index contributed by atoms with van der Waals surface area (Å²) in [4.78, 5) is 4.40. The Morgan fingerprint density at radius 1 is 1.47 bits per heavy atom. The molecule has 1 aromatic rings. The van der Waals surface area contributed by atoms with Gasteiger partial charge in [-0.3, -0.25) is 0 Å². The molecule has 0 aliphatic heterocycles. The van der Waals surface area contributed by atoms with Crippen LogP contribution in [0.3, 0.4) is 0 Å². The molecule has 1 N–H and O–H groups in total. The molecule has 2 nitrogen and oxygen atoms in total. The second kappa shape index (κ2) is 6.05. The molecule has 0 amide bonds. The van der Waals surface area contributed by atoms with Crippen molar-refractivity contribution in [3.8, 4) is 0 Å². The highest BCUT2D eigenvalue weighted by Crippen LogP contribution is 2.28. The average molecular weight is 318 g/mol. The van der Waals surface area contributed by atoms with Gasteiger partial charge in [-0.05, 0) is 53.2 Å². The fraction of sp³-hybridized carbons (Fsp3) is 0.615. The lowest BCUT2D eigenvalue weighted by Gasteiger charge is -2.31. The van der Waals surface area contributed by atoms with Crippen LogP contribution in [0, 0.1) is 12.8 Å². The first-order chi connectivity index (χ1) is 8.20. The Hall–Kier alpha value is -0.280. The molecule has 1 aliphatic carbocycles. The molecule has 0 aromatic carbocycles. The Balaban J connectivity index is 2.05. The summed E-state index contributed by atoms with van der Waals surface area (Å²) in [5, 5.41) is 3.53. The van der Waals surface area contributed by atoms with E-state index in [1.807, 2.05) is 6.20 Å². The van der Waals surface area contributed by atoms with Gasteiger partial charge in [-0.25, -0.2) is 4.98 Å². The first-order valence-electron chi connectivity index (χ1n) is 6.15. The Morgan fingerprint density at radius 2 is 2.24 bits per heavy atom. The van der Waals surface area contributed by atoms with E-state index in [-0.39, 0.29) is 0 Å². The molecule has 1 aliphatic rings. The predicted octanol–water partition coefficient (Wildman–Crippen LogP) is 4.36. The average Bonchev–Trinajstić information content (AvgIpc) is 2.34. The highest BCUT2D eigenvalue weighted by Gasteiger charge is 2.24. The number of hydrogen-bond donors (Lipinski definition) is 1. The maximum absolute atomic E-state index is 6.03. The van der Waals surface area contributed by atoms with Crippen molar-refractivity contribution in [3.63, 3.8) is 0 Å². The van der Waals surface area contributed by atoms with Gasteiger partial charge in [-0.1, -0.05) is 12.8 Å². The zero-order valence-electron chi connectivity index (χ0n) is 10.0. The van der Waals surface area contributed by atoms with Gasteiger partial charge >= 0.3 is 0 Å². The van der Waals surface area contributed by atoms with Crippen LogP contribution in [0.25, 0.3) is 0 Å². The van der Waals surface area contributed by atoms with Gasteiger partial charge in [0.25, 0.3) is 0 Å². The zero-order chi connectivity index (χ0) is 12.3. The van der Waals surface area contributed by atoms with Crippen molar-refractivity contribution in [2.24, 2.45) is 5.92 Å². The van der Waals surface area contributed by atoms with E-state index in [2.05, 4.69) is 39.2 Å². The minimum absolute atomic E-state index is 0.481. The summed E-state index contributed by atoms with van der Waals surface area (Å²) in [5.74, 6) is 2.29. The maximum Gasteiger partial charge on any atom is 0.126 e. The summed E-state index contributed by atoms with van der Waals surface area (Å²) in [7, 11) is 0. The summed E-state index contributed by atoms with van der Waals surface area (Å²) in [6.45, 7) is 2.08. The number of nitrogens with one attached hydrogen (secondary N) is 1. The van der Waals surface area contributed by atoms with Crippen molar-refractivity contribution in [2.45, 2.75) is 38.6 Å². The first kappa shape index (κ1) is 13.2. The number of alkyl halides is 1. The second-order valence-corrected chi connectivity index (χ2v) is 5.93. The highest BCUT2D eigenvalue weighted by atomic mass is 79.9. The molecule has 0 radical (unpaired) electrons. The van der Waals surface area contributed by atoms with Gasteiger partial charge < -0.3 is 5.32 Å². The van der Waals surface area contributed by atoms with Crippen LogP contribution < -0.4 is 5.32 Å². The van der Waals surface area contributed by atoms with Crippen LogP contribution in [0.15, 0.2) is 16.7 Å². The standard InChI is InChI=1S/C13H18BrClN2/c1-9-6-13(16-8-11(9)14)17-12-5-3-2-4-10(12)7-15/h6,8,10,12H,2-5,7H2,1H3,(H,16,17). The van der Waals surface area contributed by atoms with Gasteiger partial charge in [0.05, 0.1) is 0 Å². The molecule has 0 bridgehead atoms. The van der Waals surface area contributed by atoms with Crippen molar-refractivity contribution in [3.05, 3.63) is 22.3 Å². The molecule has 2 atom stereocenters. The van der Waals surface area contributed by atoms with Crippen LogP contribution in [-0.4, -0.2) is 16.9 Å². The molecule has 1 saturated carbocycles. The smallest absolute Gasteiger partial charge is 0.126 e. The molecule has 0 saturated heterocycles. The number of aromatic nitrogens is 1. The third-order valence-electron chi connectivity index (χ3n) is 3.49. The quantitative estimate of drug-likeness (QED) is 0.838. The normalized spacial score (nSPS) is 24.6. The fourth-order valence-corrected chi connectivity index (χ4v) is 2.98. The number of anilines is 1. The lowest BCUT2D eigenvalue weighted by atomic mass is 9.86. The number of halogens is 2. The molecule has 94 valence electrons. The summed E-state index contributed by atoms with van der Waals surface area (Å²) in [6, 6.07) is 2.57. The molecule has 1 fully saturated rings. The molecule has 2 rings (SSSR count). The summed E-state index contributed by atoms with van der Waals surface area (Å²) in [6.07, 6.45) is 6.89. The van der Waals surface area contributed by atoms with Crippen LogP contribution in [0.4, 0.5) is 5.82 Å². The van der Waals surface area contributed by atoms with Gasteiger partial charge in [-0.2, -0.15) is 0 Å². The SMILES string of the molecule is Cc1cc(NC2CCCCC2CCl)ncc1Br. The summed E-state index contributed by atoms with van der Waals surface area (Å²) < 4.78 is 1.06. The van der Waals surface area contributed by atoms with Gasteiger partial charge in [0.2, 0.25) is 0 Å². The number of rotatable bonds is 3. The van der Waals surface area contributed by atoms with Gasteiger partial charge in [0.1, 0.15) is 5.82 Å². The number of aryl methyl sites for hydroxylation is 1. The number of pyridine rings is 1. The van der Waals surface area contributed by atoms with Crippen molar-refractivity contribution in [2.75, 3.05) is 11.2 Å². The molecule has 1 aromatic heterocycles. The van der Waals surface area contributed by atoms with E-state index >= 15 is 0 Å². The van der Waals surface area contributed by atoms with Crippen molar-refractivity contribution in [1.29, 1.82) is 0 Å². The topological polar surface area (TPSA) is 24.9 Å². The molecule has 2 unspecified atom stereocenters. The molecule has 4 heteroatoms. The Morgan fingerprint density at radius 3 is 2.94 bits per heavy atom. The van der Waals surface area contributed by atoms with Crippen LogP contribution in [0.2, 0.25) is 0 Å². The lowest BCUT2D eigenvalue weighted by molar-refractivity contribution is 0.352. The van der Waals surface area contributed by atoms with E-state index in [0.717, 1.165) is 16.2 Å².